The first-order chi connectivity index (χ1) is 9.22. The minimum atomic E-state index is 0.385. The molecule has 0 aliphatic carbocycles. The predicted molar refractivity (Wildman–Crippen MR) is 83.3 cm³/mol. The molecule has 0 saturated carbocycles. The number of thiophene rings is 1. The molecule has 2 nitrogen and oxygen atoms in total. The highest BCUT2D eigenvalue weighted by Gasteiger charge is 2.21. The van der Waals surface area contributed by atoms with E-state index in [4.69, 9.17) is 16.3 Å². The average molecular weight is 302 g/mol. The summed E-state index contributed by atoms with van der Waals surface area (Å²) in [6, 6.07) is 0.385. The number of ether oxygens (including phenoxy) is 1. The van der Waals surface area contributed by atoms with Gasteiger partial charge in [0.05, 0.1) is 11.1 Å². The molecule has 0 bridgehead atoms. The van der Waals surface area contributed by atoms with E-state index in [9.17, 15) is 0 Å². The molecule has 1 N–H and O–H groups in total. The number of halogens is 1. The van der Waals surface area contributed by atoms with Crippen molar-refractivity contribution in [2.75, 3.05) is 13.2 Å². The van der Waals surface area contributed by atoms with Gasteiger partial charge in [0.1, 0.15) is 0 Å². The Labute approximate surface area is 125 Å². The van der Waals surface area contributed by atoms with Crippen LogP contribution in [0.15, 0.2) is 5.38 Å². The zero-order valence-corrected chi connectivity index (χ0v) is 13.4. The van der Waals surface area contributed by atoms with Crippen molar-refractivity contribution in [3.63, 3.8) is 0 Å². The van der Waals surface area contributed by atoms with Crippen LogP contribution in [-0.2, 0) is 4.74 Å². The van der Waals surface area contributed by atoms with Crippen LogP contribution in [0.1, 0.15) is 55.5 Å². The maximum Gasteiger partial charge on any atom is 0.0590 e. The zero-order valence-electron chi connectivity index (χ0n) is 11.9. The third-order valence-corrected chi connectivity index (χ3v) is 5.51. The Hall–Kier alpha value is -0.0900. The average Bonchev–Trinajstić information content (AvgIpc) is 3.03. The largest absolute Gasteiger partial charge is 0.378 e. The van der Waals surface area contributed by atoms with Gasteiger partial charge in [-0.15, -0.1) is 11.3 Å². The van der Waals surface area contributed by atoms with E-state index in [-0.39, 0.29) is 0 Å². The molecule has 1 fully saturated rings. The van der Waals surface area contributed by atoms with E-state index in [0.29, 0.717) is 12.1 Å². The first kappa shape index (κ1) is 15.3. The second-order valence-corrected chi connectivity index (χ2v) is 6.61. The Morgan fingerprint density at radius 2 is 2.42 bits per heavy atom. The minimum Gasteiger partial charge on any atom is -0.378 e. The predicted octanol–water partition coefficient (Wildman–Crippen LogP) is 4.71. The van der Waals surface area contributed by atoms with Crippen molar-refractivity contribution < 1.29 is 4.74 Å². The number of hydrogen-bond donors (Lipinski definition) is 1. The van der Waals surface area contributed by atoms with E-state index in [0.717, 1.165) is 37.4 Å². The lowest BCUT2D eigenvalue weighted by molar-refractivity contribution is 0.0997. The molecule has 1 aromatic heterocycles. The molecule has 1 aliphatic rings. The summed E-state index contributed by atoms with van der Waals surface area (Å²) in [6.45, 7) is 6.27. The fraction of sp³-hybridized carbons (Fsp3) is 0.733. The van der Waals surface area contributed by atoms with Crippen molar-refractivity contribution >= 4 is 22.9 Å². The standard InChI is InChI=1S/C15H24ClNOS/c1-3-8-17-13(7-6-12-5-4-9-18-12)15-14(16)11(2)10-19-15/h10,12-13,17H,3-9H2,1-2H3. The summed E-state index contributed by atoms with van der Waals surface area (Å²) < 4.78 is 5.72. The Balaban J connectivity index is 1.96. The fourth-order valence-electron chi connectivity index (χ4n) is 2.55. The lowest BCUT2D eigenvalue weighted by Gasteiger charge is -2.19. The quantitative estimate of drug-likeness (QED) is 0.787. The first-order valence-corrected chi connectivity index (χ1v) is 8.56. The number of rotatable bonds is 7. The van der Waals surface area contributed by atoms with Crippen LogP contribution in [-0.4, -0.2) is 19.3 Å². The van der Waals surface area contributed by atoms with Gasteiger partial charge in [-0.1, -0.05) is 18.5 Å². The summed E-state index contributed by atoms with van der Waals surface area (Å²) in [7, 11) is 0. The number of aryl methyl sites for hydroxylation is 1. The fourth-order valence-corrected chi connectivity index (χ4v) is 3.99. The Morgan fingerprint density at radius 3 is 3.00 bits per heavy atom. The molecule has 4 heteroatoms. The van der Waals surface area contributed by atoms with Crippen LogP contribution in [0.3, 0.4) is 0 Å². The van der Waals surface area contributed by atoms with E-state index in [1.165, 1.54) is 23.3 Å². The molecule has 108 valence electrons. The van der Waals surface area contributed by atoms with Crippen LogP contribution in [0.25, 0.3) is 0 Å². The molecule has 2 atom stereocenters. The summed E-state index contributed by atoms with van der Waals surface area (Å²) in [4.78, 5) is 1.30. The zero-order chi connectivity index (χ0) is 13.7. The molecular weight excluding hydrogens is 278 g/mol. The van der Waals surface area contributed by atoms with Crippen molar-refractivity contribution in [3.8, 4) is 0 Å². The lowest BCUT2D eigenvalue weighted by Crippen LogP contribution is -2.23. The topological polar surface area (TPSA) is 21.3 Å². The Kier molecular flexibility index (Phi) is 6.14. The van der Waals surface area contributed by atoms with Crippen molar-refractivity contribution in [2.45, 2.75) is 58.1 Å². The maximum absolute atomic E-state index is 6.42. The van der Waals surface area contributed by atoms with E-state index in [1.54, 1.807) is 11.3 Å². The number of nitrogens with one attached hydrogen (secondary N) is 1. The Morgan fingerprint density at radius 1 is 1.58 bits per heavy atom. The number of hydrogen-bond acceptors (Lipinski definition) is 3. The highest BCUT2D eigenvalue weighted by molar-refractivity contribution is 7.10. The highest BCUT2D eigenvalue weighted by Crippen LogP contribution is 2.35. The summed E-state index contributed by atoms with van der Waals surface area (Å²) >= 11 is 8.20. The van der Waals surface area contributed by atoms with Crippen LogP contribution in [0.2, 0.25) is 5.02 Å². The van der Waals surface area contributed by atoms with Gasteiger partial charge in [-0.3, -0.25) is 0 Å². The van der Waals surface area contributed by atoms with Gasteiger partial charge in [0.2, 0.25) is 0 Å². The van der Waals surface area contributed by atoms with Crippen molar-refractivity contribution in [1.82, 2.24) is 5.32 Å². The van der Waals surface area contributed by atoms with Crippen LogP contribution >= 0.6 is 22.9 Å². The van der Waals surface area contributed by atoms with Gasteiger partial charge in [-0.25, -0.2) is 0 Å². The molecule has 1 saturated heterocycles. The molecule has 1 aliphatic heterocycles. The van der Waals surface area contributed by atoms with E-state index in [2.05, 4.69) is 24.5 Å². The van der Waals surface area contributed by atoms with Crippen LogP contribution in [0.4, 0.5) is 0 Å². The molecule has 2 rings (SSSR count). The third kappa shape index (κ3) is 4.19. The molecule has 0 amide bonds. The molecule has 2 unspecified atom stereocenters. The molecule has 0 radical (unpaired) electrons. The monoisotopic (exact) mass is 301 g/mol. The Bertz CT molecular complexity index is 387. The SMILES string of the molecule is CCCNC(CCC1CCCO1)c1scc(C)c1Cl. The molecular formula is C15H24ClNOS. The highest BCUT2D eigenvalue weighted by atomic mass is 35.5. The summed E-state index contributed by atoms with van der Waals surface area (Å²) in [5.74, 6) is 0. The normalized spacial score (nSPS) is 20.9. The van der Waals surface area contributed by atoms with Gasteiger partial charge in [-0.2, -0.15) is 0 Å². The van der Waals surface area contributed by atoms with Crippen LogP contribution < -0.4 is 5.32 Å². The summed E-state index contributed by atoms with van der Waals surface area (Å²) in [6.07, 6.45) is 6.30. The lowest BCUT2D eigenvalue weighted by atomic mass is 10.0. The smallest absolute Gasteiger partial charge is 0.0590 e. The van der Waals surface area contributed by atoms with Gasteiger partial charge in [-0.05, 0) is 56.5 Å². The van der Waals surface area contributed by atoms with Crippen LogP contribution in [0.5, 0.6) is 0 Å². The van der Waals surface area contributed by atoms with Gasteiger partial charge in [0.25, 0.3) is 0 Å². The maximum atomic E-state index is 6.42. The van der Waals surface area contributed by atoms with Crippen LogP contribution in [0, 0.1) is 6.92 Å². The minimum absolute atomic E-state index is 0.385. The van der Waals surface area contributed by atoms with Gasteiger partial charge >= 0.3 is 0 Å². The van der Waals surface area contributed by atoms with E-state index in [1.807, 2.05) is 0 Å². The third-order valence-electron chi connectivity index (χ3n) is 3.68. The summed E-state index contributed by atoms with van der Waals surface area (Å²) in [5, 5.41) is 6.74. The van der Waals surface area contributed by atoms with E-state index < -0.39 is 0 Å². The second kappa shape index (κ2) is 7.63. The van der Waals surface area contributed by atoms with Crippen molar-refractivity contribution in [1.29, 1.82) is 0 Å². The first-order valence-electron chi connectivity index (χ1n) is 7.30. The van der Waals surface area contributed by atoms with E-state index >= 15 is 0 Å². The van der Waals surface area contributed by atoms with Gasteiger partial charge in [0.15, 0.2) is 0 Å². The van der Waals surface area contributed by atoms with Crippen molar-refractivity contribution in [3.05, 3.63) is 20.8 Å². The van der Waals surface area contributed by atoms with Gasteiger partial charge in [0, 0.05) is 17.5 Å². The molecule has 0 aromatic carbocycles. The molecule has 1 aromatic rings. The molecule has 0 spiro atoms. The van der Waals surface area contributed by atoms with Gasteiger partial charge < -0.3 is 10.1 Å². The van der Waals surface area contributed by atoms with Crippen molar-refractivity contribution in [2.24, 2.45) is 0 Å². The summed E-state index contributed by atoms with van der Waals surface area (Å²) in [5.41, 5.74) is 1.20. The second-order valence-electron chi connectivity index (χ2n) is 5.32. The molecule has 19 heavy (non-hydrogen) atoms. The molecule has 2 heterocycles.